The lowest BCUT2D eigenvalue weighted by molar-refractivity contribution is -0.0558. The molecule has 1 saturated heterocycles. The van der Waals surface area contributed by atoms with E-state index in [4.69, 9.17) is 21.1 Å². The van der Waals surface area contributed by atoms with Crippen molar-refractivity contribution in [2.45, 2.75) is 51.8 Å². The first-order chi connectivity index (χ1) is 10.7. The Morgan fingerprint density at radius 2 is 2.13 bits per heavy atom. The van der Waals surface area contributed by atoms with Crippen LogP contribution >= 0.6 is 22.9 Å². The molecule has 5 nitrogen and oxygen atoms in total. The predicted molar refractivity (Wildman–Crippen MR) is 90.4 cm³/mol. The van der Waals surface area contributed by atoms with Crippen LogP contribution in [0.15, 0.2) is 11.4 Å². The maximum absolute atomic E-state index is 12.5. The molecule has 1 aromatic rings. The van der Waals surface area contributed by atoms with Gasteiger partial charge in [-0.1, -0.05) is 11.6 Å². The zero-order chi connectivity index (χ0) is 17.2. The van der Waals surface area contributed by atoms with E-state index in [1.165, 1.54) is 11.3 Å². The van der Waals surface area contributed by atoms with E-state index in [2.05, 4.69) is 0 Å². The molecule has 128 valence electrons. The highest BCUT2D eigenvalue weighted by Crippen LogP contribution is 2.25. The van der Waals surface area contributed by atoms with Gasteiger partial charge in [0.2, 0.25) is 0 Å². The summed E-state index contributed by atoms with van der Waals surface area (Å²) in [6, 6.07) is 1.18. The first-order valence-electron chi connectivity index (χ1n) is 7.53. The fourth-order valence-corrected chi connectivity index (χ4v) is 3.37. The van der Waals surface area contributed by atoms with Crippen LogP contribution in [0.5, 0.6) is 0 Å². The minimum Gasteiger partial charge on any atom is -0.444 e. The molecule has 2 atom stereocenters. The molecule has 2 heterocycles. The van der Waals surface area contributed by atoms with Crippen molar-refractivity contribution in [3.8, 4) is 0 Å². The number of thiophene rings is 1. The lowest BCUT2D eigenvalue weighted by Crippen LogP contribution is -2.55. The standard InChI is InChI=1S/C16H22ClNO4S/c1-10-7-21-8-12(18(10)15(20)22-16(2,3)4)6-13(19)11-5-14(17)23-9-11/h5,9-10,12H,6-8H2,1-4H3. The predicted octanol–water partition coefficient (Wildman–Crippen LogP) is 4.00. The molecule has 1 amide bonds. The molecular formula is C16H22ClNO4S. The molecular weight excluding hydrogens is 338 g/mol. The van der Waals surface area contributed by atoms with E-state index < -0.39 is 11.7 Å². The van der Waals surface area contributed by atoms with Gasteiger partial charge in [-0.25, -0.2) is 4.79 Å². The molecule has 1 aliphatic rings. The number of amides is 1. The van der Waals surface area contributed by atoms with Crippen LogP contribution in [0.25, 0.3) is 0 Å². The van der Waals surface area contributed by atoms with E-state index in [9.17, 15) is 9.59 Å². The highest BCUT2D eigenvalue weighted by atomic mass is 35.5. The average Bonchev–Trinajstić information content (AvgIpc) is 2.83. The first kappa shape index (κ1) is 18.2. The Bertz CT molecular complexity index is 581. The van der Waals surface area contributed by atoms with Crippen molar-refractivity contribution < 1.29 is 19.1 Å². The van der Waals surface area contributed by atoms with Crippen molar-refractivity contribution in [2.75, 3.05) is 13.2 Å². The number of ketones is 1. The number of rotatable bonds is 3. The Labute approximate surface area is 145 Å². The van der Waals surface area contributed by atoms with Crippen molar-refractivity contribution in [2.24, 2.45) is 0 Å². The minimum absolute atomic E-state index is 0.0515. The van der Waals surface area contributed by atoms with Crippen LogP contribution in [-0.2, 0) is 9.47 Å². The number of ether oxygens (including phenoxy) is 2. The third-order valence-electron chi connectivity index (χ3n) is 3.45. The van der Waals surface area contributed by atoms with Gasteiger partial charge in [0.05, 0.1) is 29.6 Å². The highest BCUT2D eigenvalue weighted by Gasteiger charge is 2.36. The Morgan fingerprint density at radius 1 is 1.43 bits per heavy atom. The normalized spacial score (nSPS) is 22.0. The number of nitrogens with zero attached hydrogens (tertiary/aromatic N) is 1. The van der Waals surface area contributed by atoms with Gasteiger partial charge in [0.1, 0.15) is 5.60 Å². The molecule has 1 fully saturated rings. The zero-order valence-electron chi connectivity index (χ0n) is 13.8. The first-order valence-corrected chi connectivity index (χ1v) is 8.79. The summed E-state index contributed by atoms with van der Waals surface area (Å²) in [5.74, 6) is -0.0515. The number of hydrogen-bond donors (Lipinski definition) is 0. The van der Waals surface area contributed by atoms with E-state index >= 15 is 0 Å². The van der Waals surface area contributed by atoms with Crippen LogP contribution in [0.3, 0.4) is 0 Å². The van der Waals surface area contributed by atoms with E-state index in [1.54, 1.807) is 16.3 Å². The van der Waals surface area contributed by atoms with Gasteiger partial charge in [0.25, 0.3) is 0 Å². The van der Waals surface area contributed by atoms with Gasteiger partial charge in [-0.3, -0.25) is 9.69 Å². The molecule has 0 bridgehead atoms. The lowest BCUT2D eigenvalue weighted by Gasteiger charge is -2.40. The summed E-state index contributed by atoms with van der Waals surface area (Å²) in [6.07, 6.45) is -0.217. The number of hydrogen-bond acceptors (Lipinski definition) is 5. The number of carbonyl (C=O) groups is 2. The second kappa shape index (κ2) is 7.20. The quantitative estimate of drug-likeness (QED) is 0.765. The summed E-state index contributed by atoms with van der Waals surface area (Å²) in [5.41, 5.74) is -0.00719. The summed E-state index contributed by atoms with van der Waals surface area (Å²) in [5, 5.41) is 1.73. The third-order valence-corrected chi connectivity index (χ3v) is 4.54. The van der Waals surface area contributed by atoms with Gasteiger partial charge in [-0.05, 0) is 33.8 Å². The summed E-state index contributed by atoms with van der Waals surface area (Å²) in [4.78, 5) is 26.5. The summed E-state index contributed by atoms with van der Waals surface area (Å²) in [7, 11) is 0. The topological polar surface area (TPSA) is 55.8 Å². The van der Waals surface area contributed by atoms with Crippen molar-refractivity contribution in [1.29, 1.82) is 0 Å². The second-order valence-electron chi connectivity index (χ2n) is 6.69. The number of morpholine rings is 1. The minimum atomic E-state index is -0.579. The van der Waals surface area contributed by atoms with Crippen LogP contribution in [0.1, 0.15) is 44.5 Å². The molecule has 0 aliphatic carbocycles. The number of Topliss-reactive ketones (excluding diaryl/α,β-unsaturated/α-hetero) is 1. The van der Waals surface area contributed by atoms with Crippen molar-refractivity contribution in [3.63, 3.8) is 0 Å². The Morgan fingerprint density at radius 3 is 2.70 bits per heavy atom. The molecule has 0 aromatic carbocycles. The fourth-order valence-electron chi connectivity index (χ4n) is 2.48. The maximum atomic E-state index is 12.5. The van der Waals surface area contributed by atoms with E-state index in [0.717, 1.165) is 0 Å². The van der Waals surface area contributed by atoms with Crippen molar-refractivity contribution >= 4 is 34.8 Å². The third kappa shape index (κ3) is 4.93. The maximum Gasteiger partial charge on any atom is 0.410 e. The van der Waals surface area contributed by atoms with Crippen LogP contribution < -0.4 is 0 Å². The number of carbonyl (C=O) groups excluding carboxylic acids is 2. The molecule has 0 N–H and O–H groups in total. The van der Waals surface area contributed by atoms with Gasteiger partial charge in [-0.2, -0.15) is 0 Å². The molecule has 0 radical (unpaired) electrons. The molecule has 1 aromatic heterocycles. The molecule has 2 unspecified atom stereocenters. The van der Waals surface area contributed by atoms with E-state index in [0.29, 0.717) is 23.1 Å². The SMILES string of the molecule is CC1COCC(CC(=O)c2csc(Cl)c2)N1C(=O)OC(C)(C)C. The summed E-state index contributed by atoms with van der Waals surface area (Å²) < 4.78 is 11.6. The van der Waals surface area contributed by atoms with Crippen LogP contribution in [0.2, 0.25) is 4.34 Å². The Balaban J connectivity index is 2.10. The molecule has 7 heteroatoms. The number of halogens is 1. The monoisotopic (exact) mass is 359 g/mol. The smallest absolute Gasteiger partial charge is 0.410 e. The van der Waals surface area contributed by atoms with Crippen molar-refractivity contribution in [1.82, 2.24) is 4.90 Å². The lowest BCUT2D eigenvalue weighted by atomic mass is 10.0. The van der Waals surface area contributed by atoms with Crippen LogP contribution in [0, 0.1) is 0 Å². The van der Waals surface area contributed by atoms with Gasteiger partial charge < -0.3 is 9.47 Å². The highest BCUT2D eigenvalue weighted by molar-refractivity contribution is 7.14. The van der Waals surface area contributed by atoms with E-state index in [-0.39, 0.29) is 24.3 Å². The second-order valence-corrected chi connectivity index (χ2v) is 8.24. The molecule has 0 saturated carbocycles. The van der Waals surface area contributed by atoms with Crippen molar-refractivity contribution in [3.05, 3.63) is 21.3 Å². The summed E-state index contributed by atoms with van der Waals surface area (Å²) >= 11 is 7.20. The molecule has 2 rings (SSSR count). The van der Waals surface area contributed by atoms with Crippen LogP contribution in [0.4, 0.5) is 4.79 Å². The van der Waals surface area contributed by atoms with Gasteiger partial charge in [0.15, 0.2) is 5.78 Å². The summed E-state index contributed by atoms with van der Waals surface area (Å²) in [6.45, 7) is 8.13. The Kier molecular flexibility index (Phi) is 5.70. The average molecular weight is 360 g/mol. The van der Waals surface area contributed by atoms with E-state index in [1.807, 2.05) is 27.7 Å². The van der Waals surface area contributed by atoms with Gasteiger partial charge in [-0.15, -0.1) is 11.3 Å². The van der Waals surface area contributed by atoms with Gasteiger partial charge >= 0.3 is 6.09 Å². The fraction of sp³-hybridized carbons (Fsp3) is 0.625. The molecule has 0 spiro atoms. The molecule has 23 heavy (non-hydrogen) atoms. The van der Waals surface area contributed by atoms with Gasteiger partial charge in [0, 0.05) is 17.4 Å². The molecule has 1 aliphatic heterocycles. The zero-order valence-corrected chi connectivity index (χ0v) is 15.4. The van der Waals surface area contributed by atoms with Crippen LogP contribution in [-0.4, -0.2) is 47.7 Å². The Hall–Kier alpha value is -1.11. The largest absolute Gasteiger partial charge is 0.444 e.